The minimum Gasteiger partial charge on any atom is -0.493 e. The van der Waals surface area contributed by atoms with Crippen LogP contribution in [-0.2, 0) is 6.42 Å². The quantitative estimate of drug-likeness (QED) is 0.810. The number of hydrogen-bond donors (Lipinski definition) is 0. The van der Waals surface area contributed by atoms with Gasteiger partial charge in [-0.1, -0.05) is 0 Å². The number of methoxy groups -OCH3 is 2. The van der Waals surface area contributed by atoms with E-state index in [2.05, 4.69) is 16.9 Å². The summed E-state index contributed by atoms with van der Waals surface area (Å²) in [6, 6.07) is 10.0. The maximum Gasteiger partial charge on any atom is 0.162 e. The number of rotatable bonds is 6. The largest absolute Gasteiger partial charge is 0.493 e. The predicted octanol–water partition coefficient (Wildman–Crippen LogP) is 2.78. The minimum absolute atomic E-state index is 0.749. The molecule has 4 heteroatoms. The Bertz CT molecular complexity index is 543. The highest BCUT2D eigenvalue weighted by Crippen LogP contribution is 2.31. The Hall–Kier alpha value is -2.23. The zero-order chi connectivity index (χ0) is 14.4. The van der Waals surface area contributed by atoms with E-state index in [-0.39, 0.29) is 0 Å². The molecule has 0 unspecified atom stereocenters. The van der Waals surface area contributed by atoms with Gasteiger partial charge in [-0.3, -0.25) is 4.98 Å². The molecule has 0 N–H and O–H groups in total. The highest BCUT2D eigenvalue weighted by atomic mass is 16.5. The van der Waals surface area contributed by atoms with Gasteiger partial charge < -0.3 is 14.4 Å². The van der Waals surface area contributed by atoms with Crippen LogP contribution in [0.3, 0.4) is 0 Å². The standard InChI is InChI=1S/C16H20N2O2/c1-18(11-8-13-6-9-17-10-7-13)14-4-5-15(19-2)16(12-14)20-3/h4-7,9-10,12H,8,11H2,1-3H3. The van der Waals surface area contributed by atoms with E-state index in [4.69, 9.17) is 9.47 Å². The van der Waals surface area contributed by atoms with E-state index in [0.29, 0.717) is 0 Å². The van der Waals surface area contributed by atoms with Crippen LogP contribution in [0.2, 0.25) is 0 Å². The van der Waals surface area contributed by atoms with Gasteiger partial charge in [0, 0.05) is 37.7 Å². The molecule has 4 nitrogen and oxygen atoms in total. The van der Waals surface area contributed by atoms with Crippen LogP contribution in [0, 0.1) is 0 Å². The number of anilines is 1. The zero-order valence-corrected chi connectivity index (χ0v) is 12.2. The maximum atomic E-state index is 5.33. The van der Waals surface area contributed by atoms with Gasteiger partial charge in [0.2, 0.25) is 0 Å². The molecule has 20 heavy (non-hydrogen) atoms. The van der Waals surface area contributed by atoms with Crippen molar-refractivity contribution in [3.8, 4) is 11.5 Å². The van der Waals surface area contributed by atoms with Crippen molar-refractivity contribution in [2.75, 3.05) is 32.7 Å². The van der Waals surface area contributed by atoms with E-state index in [1.54, 1.807) is 14.2 Å². The topological polar surface area (TPSA) is 34.6 Å². The Balaban J connectivity index is 2.03. The van der Waals surface area contributed by atoms with Gasteiger partial charge >= 0.3 is 0 Å². The molecule has 106 valence electrons. The predicted molar refractivity (Wildman–Crippen MR) is 80.8 cm³/mol. The Labute approximate surface area is 120 Å². The molecular weight excluding hydrogens is 252 g/mol. The molecule has 0 amide bonds. The zero-order valence-electron chi connectivity index (χ0n) is 12.2. The number of ether oxygens (including phenoxy) is 2. The lowest BCUT2D eigenvalue weighted by molar-refractivity contribution is 0.355. The SMILES string of the molecule is COc1ccc(N(C)CCc2ccncc2)cc1OC. The number of pyridine rings is 1. The van der Waals surface area contributed by atoms with Gasteiger partial charge in [0.1, 0.15) is 0 Å². The van der Waals surface area contributed by atoms with E-state index in [1.807, 2.05) is 42.7 Å². The lowest BCUT2D eigenvalue weighted by atomic mass is 10.2. The first-order chi connectivity index (χ1) is 9.74. The second-order valence-electron chi connectivity index (χ2n) is 4.57. The van der Waals surface area contributed by atoms with E-state index in [9.17, 15) is 0 Å². The minimum atomic E-state index is 0.749. The molecular formula is C16H20N2O2. The van der Waals surface area contributed by atoms with E-state index in [0.717, 1.165) is 30.2 Å². The monoisotopic (exact) mass is 272 g/mol. The fourth-order valence-corrected chi connectivity index (χ4v) is 2.04. The van der Waals surface area contributed by atoms with Crippen molar-refractivity contribution >= 4 is 5.69 Å². The van der Waals surface area contributed by atoms with Gasteiger partial charge in [-0.15, -0.1) is 0 Å². The molecule has 0 aliphatic carbocycles. The Morgan fingerprint density at radius 2 is 1.70 bits per heavy atom. The van der Waals surface area contributed by atoms with Crippen molar-refractivity contribution in [2.24, 2.45) is 0 Å². The van der Waals surface area contributed by atoms with Gasteiger partial charge in [-0.05, 0) is 36.2 Å². The molecule has 0 radical (unpaired) electrons. The highest BCUT2D eigenvalue weighted by molar-refractivity contribution is 5.56. The number of aromatic nitrogens is 1. The van der Waals surface area contributed by atoms with Crippen LogP contribution in [0.4, 0.5) is 5.69 Å². The van der Waals surface area contributed by atoms with Gasteiger partial charge in [-0.2, -0.15) is 0 Å². The average molecular weight is 272 g/mol. The Kier molecular flexibility index (Phi) is 4.82. The molecule has 1 aromatic carbocycles. The third-order valence-electron chi connectivity index (χ3n) is 3.29. The summed E-state index contributed by atoms with van der Waals surface area (Å²) in [5, 5.41) is 0. The normalized spacial score (nSPS) is 10.2. The smallest absolute Gasteiger partial charge is 0.162 e. The van der Waals surface area contributed by atoms with Crippen molar-refractivity contribution < 1.29 is 9.47 Å². The summed E-state index contributed by atoms with van der Waals surface area (Å²) in [5.74, 6) is 1.50. The van der Waals surface area contributed by atoms with Crippen LogP contribution in [0.25, 0.3) is 0 Å². The summed E-state index contributed by atoms with van der Waals surface area (Å²) in [5.41, 5.74) is 2.39. The summed E-state index contributed by atoms with van der Waals surface area (Å²) in [6.45, 7) is 0.930. The summed E-state index contributed by atoms with van der Waals surface area (Å²) in [7, 11) is 5.37. The van der Waals surface area contributed by atoms with Crippen molar-refractivity contribution in [3.63, 3.8) is 0 Å². The molecule has 1 aromatic heterocycles. The average Bonchev–Trinajstić information content (AvgIpc) is 2.52. The van der Waals surface area contributed by atoms with E-state index in [1.165, 1.54) is 5.56 Å². The maximum absolute atomic E-state index is 5.33. The van der Waals surface area contributed by atoms with Crippen molar-refractivity contribution in [1.82, 2.24) is 4.98 Å². The third kappa shape index (κ3) is 3.41. The van der Waals surface area contributed by atoms with Crippen molar-refractivity contribution in [1.29, 1.82) is 0 Å². The van der Waals surface area contributed by atoms with Crippen LogP contribution < -0.4 is 14.4 Å². The summed E-state index contributed by atoms with van der Waals surface area (Å²) >= 11 is 0. The fourth-order valence-electron chi connectivity index (χ4n) is 2.04. The number of benzene rings is 1. The van der Waals surface area contributed by atoms with Gasteiger partial charge in [0.05, 0.1) is 14.2 Å². The highest BCUT2D eigenvalue weighted by Gasteiger charge is 2.07. The third-order valence-corrected chi connectivity index (χ3v) is 3.29. The first-order valence-electron chi connectivity index (χ1n) is 6.56. The summed E-state index contributed by atoms with van der Waals surface area (Å²) < 4.78 is 10.6. The number of hydrogen-bond acceptors (Lipinski definition) is 4. The van der Waals surface area contributed by atoms with E-state index >= 15 is 0 Å². The second kappa shape index (κ2) is 6.80. The molecule has 2 rings (SSSR count). The molecule has 0 fully saturated rings. The van der Waals surface area contributed by atoms with Crippen LogP contribution in [0.5, 0.6) is 11.5 Å². The Morgan fingerprint density at radius 3 is 2.35 bits per heavy atom. The molecule has 0 aliphatic heterocycles. The molecule has 0 saturated carbocycles. The van der Waals surface area contributed by atoms with Crippen molar-refractivity contribution in [2.45, 2.75) is 6.42 Å². The molecule has 0 aliphatic rings. The number of nitrogens with zero attached hydrogens (tertiary/aromatic N) is 2. The molecule has 0 bridgehead atoms. The van der Waals surface area contributed by atoms with Gasteiger partial charge in [0.25, 0.3) is 0 Å². The lowest BCUT2D eigenvalue weighted by Gasteiger charge is -2.20. The lowest BCUT2D eigenvalue weighted by Crippen LogP contribution is -2.20. The summed E-state index contributed by atoms with van der Waals surface area (Å²) in [6.07, 6.45) is 4.63. The first-order valence-corrected chi connectivity index (χ1v) is 6.56. The molecule has 0 saturated heterocycles. The summed E-state index contributed by atoms with van der Waals surface area (Å²) in [4.78, 5) is 6.23. The van der Waals surface area contributed by atoms with Gasteiger partial charge in [-0.25, -0.2) is 0 Å². The van der Waals surface area contributed by atoms with E-state index < -0.39 is 0 Å². The molecule has 0 atom stereocenters. The molecule has 0 spiro atoms. The van der Waals surface area contributed by atoms with Gasteiger partial charge in [0.15, 0.2) is 11.5 Å². The van der Waals surface area contributed by atoms with Crippen molar-refractivity contribution in [3.05, 3.63) is 48.3 Å². The first kappa shape index (κ1) is 14.2. The number of likely N-dealkylation sites (N-methyl/N-ethyl adjacent to an activating group) is 1. The van der Waals surface area contributed by atoms with Crippen LogP contribution in [0.1, 0.15) is 5.56 Å². The van der Waals surface area contributed by atoms with Crippen LogP contribution >= 0.6 is 0 Å². The van der Waals surface area contributed by atoms with Crippen LogP contribution in [-0.4, -0.2) is 32.8 Å². The second-order valence-corrected chi connectivity index (χ2v) is 4.57. The molecule has 1 heterocycles. The Morgan fingerprint density at radius 1 is 1.00 bits per heavy atom. The van der Waals surface area contributed by atoms with Crippen LogP contribution in [0.15, 0.2) is 42.7 Å². The molecule has 2 aromatic rings. The fraction of sp³-hybridized carbons (Fsp3) is 0.312.